The molecule has 0 bridgehead atoms. The first-order valence-corrected chi connectivity index (χ1v) is 5.94. The van der Waals surface area contributed by atoms with Crippen molar-refractivity contribution in [2.24, 2.45) is 0 Å². The Morgan fingerprint density at radius 1 is 1.37 bits per heavy atom. The largest absolute Gasteiger partial charge is 0.478 e. The Kier molecular flexibility index (Phi) is 3.66. The number of nitrogens with zero attached hydrogens (tertiary/aromatic N) is 2. The van der Waals surface area contributed by atoms with Crippen molar-refractivity contribution < 1.29 is 19.9 Å². The second-order valence-electron chi connectivity index (χ2n) is 4.48. The number of hydrogen-bond donors (Lipinski definition) is 2. The number of rotatable bonds is 3. The van der Waals surface area contributed by atoms with E-state index in [9.17, 15) is 20.0 Å². The summed E-state index contributed by atoms with van der Waals surface area (Å²) in [4.78, 5) is 23.2. The minimum absolute atomic E-state index is 0.0435. The van der Waals surface area contributed by atoms with Gasteiger partial charge in [0.25, 0.3) is 5.69 Å². The fourth-order valence-electron chi connectivity index (χ4n) is 2.18. The number of anilines is 1. The lowest BCUT2D eigenvalue weighted by atomic mass is 10.0. The molecule has 7 heteroatoms. The van der Waals surface area contributed by atoms with Gasteiger partial charge in [-0.1, -0.05) is 0 Å². The summed E-state index contributed by atoms with van der Waals surface area (Å²) in [7, 11) is 0. The highest BCUT2D eigenvalue weighted by atomic mass is 16.6. The van der Waals surface area contributed by atoms with Crippen molar-refractivity contribution in [1.29, 1.82) is 0 Å². The molecule has 1 aromatic carbocycles. The number of aromatic carboxylic acids is 1. The van der Waals surface area contributed by atoms with Crippen LogP contribution in [0.3, 0.4) is 0 Å². The van der Waals surface area contributed by atoms with Gasteiger partial charge in [0.05, 0.1) is 22.3 Å². The molecule has 0 radical (unpaired) electrons. The zero-order valence-corrected chi connectivity index (χ0v) is 10.2. The molecule has 0 saturated carbocycles. The molecule has 2 rings (SSSR count). The first-order chi connectivity index (χ1) is 8.99. The summed E-state index contributed by atoms with van der Waals surface area (Å²) in [5, 5.41) is 29.3. The van der Waals surface area contributed by atoms with Crippen LogP contribution in [0.25, 0.3) is 0 Å². The van der Waals surface area contributed by atoms with Crippen LogP contribution >= 0.6 is 0 Å². The maximum atomic E-state index is 11.2. The Balaban J connectivity index is 2.37. The average Bonchev–Trinajstić information content (AvgIpc) is 2.38. The van der Waals surface area contributed by atoms with E-state index in [0.717, 1.165) is 0 Å². The fourth-order valence-corrected chi connectivity index (χ4v) is 2.18. The van der Waals surface area contributed by atoms with Gasteiger partial charge in [-0.2, -0.15) is 0 Å². The number of piperidine rings is 1. The molecule has 2 N–H and O–H groups in total. The molecule has 1 aliphatic heterocycles. The number of aliphatic hydroxyl groups is 1. The lowest BCUT2D eigenvalue weighted by molar-refractivity contribution is -0.384. The third-order valence-corrected chi connectivity index (χ3v) is 3.23. The zero-order chi connectivity index (χ0) is 14.0. The second-order valence-corrected chi connectivity index (χ2v) is 4.48. The topological polar surface area (TPSA) is 104 Å². The lowest BCUT2D eigenvalue weighted by Gasteiger charge is -2.32. The minimum atomic E-state index is -1.11. The first kappa shape index (κ1) is 13.3. The summed E-state index contributed by atoms with van der Waals surface area (Å²) in [6.45, 7) is 0.977. The maximum absolute atomic E-state index is 11.2. The van der Waals surface area contributed by atoms with Crippen LogP contribution < -0.4 is 4.90 Å². The molecule has 0 atom stereocenters. The molecule has 0 aliphatic carbocycles. The van der Waals surface area contributed by atoms with Crippen LogP contribution in [-0.4, -0.2) is 40.3 Å². The van der Waals surface area contributed by atoms with Gasteiger partial charge in [-0.25, -0.2) is 4.79 Å². The molecule has 1 heterocycles. The molecule has 0 spiro atoms. The summed E-state index contributed by atoms with van der Waals surface area (Å²) in [5.74, 6) is -1.11. The average molecular weight is 266 g/mol. The van der Waals surface area contributed by atoms with Gasteiger partial charge < -0.3 is 15.1 Å². The maximum Gasteiger partial charge on any atom is 0.337 e. The summed E-state index contributed by atoms with van der Waals surface area (Å²) in [6.07, 6.45) is 0.673. The number of carboxylic acids is 1. The molecule has 0 amide bonds. The second kappa shape index (κ2) is 5.23. The minimum Gasteiger partial charge on any atom is -0.478 e. The predicted molar refractivity (Wildman–Crippen MR) is 67.5 cm³/mol. The highest BCUT2D eigenvalue weighted by Crippen LogP contribution is 2.28. The molecular formula is C12H14N2O5. The van der Waals surface area contributed by atoms with E-state index in [2.05, 4.69) is 0 Å². The van der Waals surface area contributed by atoms with Crippen LogP contribution in [0.15, 0.2) is 18.2 Å². The van der Waals surface area contributed by atoms with Crippen LogP contribution in [0.2, 0.25) is 0 Å². The van der Waals surface area contributed by atoms with Crippen LogP contribution in [0.1, 0.15) is 23.2 Å². The molecule has 7 nitrogen and oxygen atoms in total. The van der Waals surface area contributed by atoms with Crippen molar-refractivity contribution in [1.82, 2.24) is 0 Å². The van der Waals surface area contributed by atoms with Crippen molar-refractivity contribution in [3.63, 3.8) is 0 Å². The third-order valence-electron chi connectivity index (χ3n) is 3.23. The number of benzene rings is 1. The quantitative estimate of drug-likeness (QED) is 0.630. The molecule has 1 aliphatic rings. The van der Waals surface area contributed by atoms with E-state index in [1.54, 1.807) is 4.90 Å². The predicted octanol–water partition coefficient (Wildman–Crippen LogP) is 1.25. The van der Waals surface area contributed by atoms with Crippen LogP contribution in [0.5, 0.6) is 0 Å². The first-order valence-electron chi connectivity index (χ1n) is 5.94. The molecule has 0 unspecified atom stereocenters. The summed E-state index contributed by atoms with van der Waals surface area (Å²) in [6, 6.07) is 3.72. The molecule has 19 heavy (non-hydrogen) atoms. The SMILES string of the molecule is O=C(O)c1ccc([N+](=O)[O-])cc1N1CCC(O)CC1. The van der Waals surface area contributed by atoms with E-state index in [4.69, 9.17) is 5.11 Å². The van der Waals surface area contributed by atoms with Crippen molar-refractivity contribution in [3.05, 3.63) is 33.9 Å². The molecule has 1 fully saturated rings. The van der Waals surface area contributed by atoms with Crippen LogP contribution in [0, 0.1) is 10.1 Å². The van der Waals surface area contributed by atoms with Crippen molar-refractivity contribution >= 4 is 17.3 Å². The number of non-ortho nitro benzene ring substituents is 1. The van der Waals surface area contributed by atoms with Crippen molar-refractivity contribution in [3.8, 4) is 0 Å². The molecule has 1 aromatic rings. The van der Waals surface area contributed by atoms with E-state index in [1.807, 2.05) is 0 Å². The number of carboxylic acid groups (broad SMARTS) is 1. The summed E-state index contributed by atoms with van der Waals surface area (Å²) in [5.41, 5.74) is 0.252. The van der Waals surface area contributed by atoms with Crippen LogP contribution in [0.4, 0.5) is 11.4 Å². The number of nitro benzene ring substituents is 1. The van der Waals surface area contributed by atoms with Gasteiger partial charge in [-0.15, -0.1) is 0 Å². The van der Waals surface area contributed by atoms with Gasteiger partial charge in [0.1, 0.15) is 0 Å². The van der Waals surface area contributed by atoms with Gasteiger partial charge in [0.15, 0.2) is 0 Å². The molecule has 0 aromatic heterocycles. The molecular weight excluding hydrogens is 252 g/mol. The van der Waals surface area contributed by atoms with E-state index in [0.29, 0.717) is 31.6 Å². The fraction of sp³-hybridized carbons (Fsp3) is 0.417. The molecule has 102 valence electrons. The molecule has 1 saturated heterocycles. The number of hydrogen-bond acceptors (Lipinski definition) is 5. The standard InChI is InChI=1S/C12H14N2O5/c15-9-3-5-13(6-4-9)11-7-8(14(18)19)1-2-10(11)12(16)17/h1-2,7,9,15H,3-6H2,(H,16,17). The monoisotopic (exact) mass is 266 g/mol. The zero-order valence-electron chi connectivity index (χ0n) is 10.2. The smallest absolute Gasteiger partial charge is 0.337 e. The normalized spacial score (nSPS) is 16.4. The highest BCUT2D eigenvalue weighted by molar-refractivity contribution is 5.95. The van der Waals surface area contributed by atoms with Crippen molar-refractivity contribution in [2.45, 2.75) is 18.9 Å². The van der Waals surface area contributed by atoms with E-state index < -0.39 is 10.9 Å². The summed E-state index contributed by atoms with van der Waals surface area (Å²) < 4.78 is 0. The Labute approximate surface area is 109 Å². The van der Waals surface area contributed by atoms with E-state index in [-0.39, 0.29) is 17.4 Å². The third kappa shape index (κ3) is 2.82. The number of nitro groups is 1. The Bertz CT molecular complexity index is 509. The van der Waals surface area contributed by atoms with Gasteiger partial charge in [0.2, 0.25) is 0 Å². The van der Waals surface area contributed by atoms with Crippen LogP contribution in [-0.2, 0) is 0 Å². The van der Waals surface area contributed by atoms with Crippen molar-refractivity contribution in [2.75, 3.05) is 18.0 Å². The van der Waals surface area contributed by atoms with Gasteiger partial charge in [0, 0.05) is 25.2 Å². The highest BCUT2D eigenvalue weighted by Gasteiger charge is 2.23. The lowest BCUT2D eigenvalue weighted by Crippen LogP contribution is -2.36. The van der Waals surface area contributed by atoms with Gasteiger partial charge >= 0.3 is 5.97 Å². The van der Waals surface area contributed by atoms with Gasteiger partial charge in [-0.05, 0) is 18.9 Å². The Morgan fingerprint density at radius 3 is 2.53 bits per heavy atom. The Morgan fingerprint density at radius 2 is 2.00 bits per heavy atom. The Hall–Kier alpha value is -2.15. The van der Waals surface area contributed by atoms with E-state index in [1.165, 1.54) is 18.2 Å². The van der Waals surface area contributed by atoms with Gasteiger partial charge in [-0.3, -0.25) is 10.1 Å². The van der Waals surface area contributed by atoms with E-state index >= 15 is 0 Å². The number of carbonyl (C=O) groups is 1. The summed E-state index contributed by atoms with van der Waals surface area (Å²) >= 11 is 0. The number of aliphatic hydroxyl groups excluding tert-OH is 1.